The van der Waals surface area contributed by atoms with Gasteiger partial charge in [0.1, 0.15) is 0 Å². The van der Waals surface area contributed by atoms with Gasteiger partial charge in [0.15, 0.2) is 6.10 Å². The van der Waals surface area contributed by atoms with Crippen molar-refractivity contribution >= 4 is 5.97 Å². The number of ether oxygens (including phenoxy) is 1. The van der Waals surface area contributed by atoms with Gasteiger partial charge in [-0.1, -0.05) is 13.8 Å². The molecule has 1 saturated heterocycles. The highest BCUT2D eigenvalue weighted by Gasteiger charge is 2.49. The predicted octanol–water partition coefficient (Wildman–Crippen LogP) is 1.82. The number of hydrogen-bond acceptors (Lipinski definition) is 4. The number of carbonyl (C=O) groups is 1. The lowest BCUT2D eigenvalue weighted by Crippen LogP contribution is -2.44. The van der Waals surface area contributed by atoms with Crippen LogP contribution in [0.5, 0.6) is 0 Å². The number of nitrogens with zero attached hydrogens (tertiary/aromatic N) is 1. The Morgan fingerprint density at radius 3 is 2.50 bits per heavy atom. The second-order valence-corrected chi connectivity index (χ2v) is 5.57. The monoisotopic (exact) mass is 297 g/mol. The highest BCUT2D eigenvalue weighted by molar-refractivity contribution is 5.78. The maximum absolute atomic E-state index is 12.4. The number of aliphatic hydroxyl groups excluding tert-OH is 1. The average molecular weight is 297 g/mol. The molecule has 0 radical (unpaired) electrons. The van der Waals surface area contributed by atoms with E-state index in [1.54, 1.807) is 6.92 Å². The number of rotatable bonds is 5. The Morgan fingerprint density at radius 1 is 1.45 bits per heavy atom. The largest absolute Gasteiger partial charge is 0.466 e. The van der Waals surface area contributed by atoms with Crippen molar-refractivity contribution in [2.45, 2.75) is 39.5 Å². The Labute approximate surface area is 116 Å². The molecule has 0 aliphatic carbocycles. The molecule has 0 aromatic rings. The van der Waals surface area contributed by atoms with Gasteiger partial charge in [0.25, 0.3) is 0 Å². The summed E-state index contributed by atoms with van der Waals surface area (Å²) in [6.45, 7) is 5.71. The number of aliphatic hydroxyl groups is 1. The Morgan fingerprint density at radius 2 is 2.05 bits per heavy atom. The maximum atomic E-state index is 12.4. The van der Waals surface area contributed by atoms with Gasteiger partial charge in [-0.2, -0.15) is 13.2 Å². The van der Waals surface area contributed by atoms with Crippen molar-refractivity contribution in [3.63, 3.8) is 0 Å². The molecule has 1 rings (SSSR count). The summed E-state index contributed by atoms with van der Waals surface area (Å²) in [5.74, 6) is -0.395. The van der Waals surface area contributed by atoms with Crippen molar-refractivity contribution in [2.75, 3.05) is 26.2 Å². The Balaban J connectivity index is 2.73. The summed E-state index contributed by atoms with van der Waals surface area (Å²) in [5.41, 5.74) is -0.776. The summed E-state index contributed by atoms with van der Waals surface area (Å²) in [6, 6.07) is 0. The standard InChI is InChI=1S/C13H22F3NO3/c1-4-20-11(19)12(9(2)3)5-6-17(8-12)7-10(18)13(14,15)16/h9-10,18H,4-8H2,1-3H3. The molecular weight excluding hydrogens is 275 g/mol. The maximum Gasteiger partial charge on any atom is 0.415 e. The molecule has 1 aliphatic heterocycles. The van der Waals surface area contributed by atoms with E-state index >= 15 is 0 Å². The molecule has 1 heterocycles. The lowest BCUT2D eigenvalue weighted by molar-refractivity contribution is -0.207. The summed E-state index contributed by atoms with van der Waals surface area (Å²) in [7, 11) is 0. The van der Waals surface area contributed by atoms with Crippen LogP contribution in [0.4, 0.5) is 13.2 Å². The summed E-state index contributed by atoms with van der Waals surface area (Å²) in [5, 5.41) is 9.11. The van der Waals surface area contributed by atoms with Crippen molar-refractivity contribution in [1.29, 1.82) is 0 Å². The molecule has 0 saturated carbocycles. The number of alkyl halides is 3. The molecule has 2 unspecified atom stereocenters. The molecule has 4 nitrogen and oxygen atoms in total. The second kappa shape index (κ2) is 6.30. The summed E-state index contributed by atoms with van der Waals surface area (Å²) in [4.78, 5) is 13.6. The normalized spacial score (nSPS) is 26.0. The summed E-state index contributed by atoms with van der Waals surface area (Å²) in [6.07, 6.45) is -6.56. The zero-order valence-corrected chi connectivity index (χ0v) is 12.0. The highest BCUT2D eigenvalue weighted by Crippen LogP contribution is 2.39. The quantitative estimate of drug-likeness (QED) is 0.787. The Hall–Kier alpha value is -0.820. The Bertz CT molecular complexity index is 346. The number of halogens is 3. The fourth-order valence-corrected chi connectivity index (χ4v) is 2.57. The first kappa shape index (κ1) is 17.2. The lowest BCUT2D eigenvalue weighted by Gasteiger charge is -2.31. The van der Waals surface area contributed by atoms with E-state index < -0.39 is 24.2 Å². The van der Waals surface area contributed by atoms with E-state index in [1.165, 1.54) is 4.90 Å². The predicted molar refractivity (Wildman–Crippen MR) is 67.0 cm³/mol. The van der Waals surface area contributed by atoms with Crippen LogP contribution in [0, 0.1) is 11.3 Å². The molecule has 1 fully saturated rings. The summed E-state index contributed by atoms with van der Waals surface area (Å²) < 4.78 is 42.2. The van der Waals surface area contributed by atoms with Gasteiger partial charge < -0.3 is 9.84 Å². The van der Waals surface area contributed by atoms with E-state index in [2.05, 4.69) is 0 Å². The van der Waals surface area contributed by atoms with Crippen LogP contribution in [0.2, 0.25) is 0 Å². The molecule has 0 aromatic carbocycles. The number of esters is 1. The van der Waals surface area contributed by atoms with Crippen LogP contribution in [0.25, 0.3) is 0 Å². The fraction of sp³-hybridized carbons (Fsp3) is 0.923. The average Bonchev–Trinajstić information content (AvgIpc) is 2.73. The molecule has 0 amide bonds. The van der Waals surface area contributed by atoms with Gasteiger partial charge in [0.2, 0.25) is 0 Å². The van der Waals surface area contributed by atoms with Crippen LogP contribution in [0.3, 0.4) is 0 Å². The molecule has 0 bridgehead atoms. The van der Waals surface area contributed by atoms with Crippen LogP contribution in [0.15, 0.2) is 0 Å². The van der Waals surface area contributed by atoms with Crippen molar-refractivity contribution in [2.24, 2.45) is 11.3 Å². The van der Waals surface area contributed by atoms with Gasteiger partial charge in [0.05, 0.1) is 12.0 Å². The number of hydrogen-bond donors (Lipinski definition) is 1. The SMILES string of the molecule is CCOC(=O)C1(C(C)C)CCN(CC(O)C(F)(F)F)C1. The van der Waals surface area contributed by atoms with E-state index in [9.17, 15) is 18.0 Å². The van der Waals surface area contributed by atoms with Crippen molar-refractivity contribution in [1.82, 2.24) is 4.90 Å². The molecule has 20 heavy (non-hydrogen) atoms. The molecular formula is C13H22F3NO3. The first-order valence-corrected chi connectivity index (χ1v) is 6.78. The third kappa shape index (κ3) is 3.63. The smallest absolute Gasteiger partial charge is 0.415 e. The topological polar surface area (TPSA) is 49.8 Å². The molecule has 1 N–H and O–H groups in total. The molecule has 7 heteroatoms. The first-order chi connectivity index (χ1) is 9.13. The summed E-state index contributed by atoms with van der Waals surface area (Å²) >= 11 is 0. The van der Waals surface area contributed by atoms with Crippen LogP contribution in [-0.4, -0.2) is 54.5 Å². The van der Waals surface area contributed by atoms with Crippen LogP contribution < -0.4 is 0 Å². The molecule has 1 aliphatic rings. The Kier molecular flexibility index (Phi) is 5.43. The van der Waals surface area contributed by atoms with E-state index in [4.69, 9.17) is 9.84 Å². The fourth-order valence-electron chi connectivity index (χ4n) is 2.57. The lowest BCUT2D eigenvalue weighted by atomic mass is 9.76. The van der Waals surface area contributed by atoms with Crippen molar-refractivity contribution < 1.29 is 27.8 Å². The second-order valence-electron chi connectivity index (χ2n) is 5.57. The van der Waals surface area contributed by atoms with Gasteiger partial charge >= 0.3 is 12.1 Å². The van der Waals surface area contributed by atoms with E-state index in [0.29, 0.717) is 13.0 Å². The minimum atomic E-state index is -4.63. The molecule has 2 atom stereocenters. The van der Waals surface area contributed by atoms with Gasteiger partial charge in [-0.15, -0.1) is 0 Å². The highest BCUT2D eigenvalue weighted by atomic mass is 19.4. The van der Waals surface area contributed by atoms with Gasteiger partial charge in [-0.3, -0.25) is 9.69 Å². The number of likely N-dealkylation sites (tertiary alicyclic amines) is 1. The zero-order chi connectivity index (χ0) is 15.6. The van der Waals surface area contributed by atoms with E-state index in [-0.39, 0.29) is 25.0 Å². The van der Waals surface area contributed by atoms with Gasteiger partial charge in [0, 0.05) is 13.1 Å². The number of β-amino-alcohol motifs (C(OH)–C–C–N with tert-alkyl or cyclic N) is 1. The third-order valence-corrected chi connectivity index (χ3v) is 3.98. The molecule has 118 valence electrons. The van der Waals surface area contributed by atoms with Gasteiger partial charge in [-0.05, 0) is 25.8 Å². The minimum Gasteiger partial charge on any atom is -0.466 e. The van der Waals surface area contributed by atoms with Crippen LogP contribution >= 0.6 is 0 Å². The van der Waals surface area contributed by atoms with Crippen LogP contribution in [0.1, 0.15) is 27.2 Å². The van der Waals surface area contributed by atoms with Crippen molar-refractivity contribution in [3.8, 4) is 0 Å². The third-order valence-electron chi connectivity index (χ3n) is 3.98. The zero-order valence-electron chi connectivity index (χ0n) is 12.0. The molecule has 0 aromatic heterocycles. The number of carbonyl (C=O) groups excluding carboxylic acids is 1. The van der Waals surface area contributed by atoms with Gasteiger partial charge in [-0.25, -0.2) is 0 Å². The van der Waals surface area contributed by atoms with Crippen LogP contribution in [-0.2, 0) is 9.53 Å². The van der Waals surface area contributed by atoms with E-state index in [0.717, 1.165) is 0 Å². The van der Waals surface area contributed by atoms with Crippen molar-refractivity contribution in [3.05, 3.63) is 0 Å². The molecule has 0 spiro atoms. The first-order valence-electron chi connectivity index (χ1n) is 6.78. The minimum absolute atomic E-state index is 0.0328. The van der Waals surface area contributed by atoms with E-state index in [1.807, 2.05) is 13.8 Å².